The van der Waals surface area contributed by atoms with E-state index in [4.69, 9.17) is 4.74 Å². The van der Waals surface area contributed by atoms with Crippen LogP contribution in [0.1, 0.15) is 33.5 Å². The summed E-state index contributed by atoms with van der Waals surface area (Å²) in [4.78, 5) is 26.1. The van der Waals surface area contributed by atoms with E-state index in [1.807, 2.05) is 38.1 Å². The fourth-order valence-electron chi connectivity index (χ4n) is 2.73. The summed E-state index contributed by atoms with van der Waals surface area (Å²) in [6, 6.07) is 11.3. The molecule has 0 aromatic heterocycles. The van der Waals surface area contributed by atoms with Gasteiger partial charge in [0.1, 0.15) is 5.75 Å². The first kappa shape index (κ1) is 19.5. The fourth-order valence-corrected chi connectivity index (χ4v) is 2.73. The Morgan fingerprint density at radius 1 is 1.12 bits per heavy atom. The van der Waals surface area contributed by atoms with Crippen molar-refractivity contribution in [3.63, 3.8) is 0 Å². The quantitative estimate of drug-likeness (QED) is 0.862. The van der Waals surface area contributed by atoms with E-state index in [9.17, 15) is 9.59 Å². The molecule has 2 amide bonds. The van der Waals surface area contributed by atoms with Crippen molar-refractivity contribution in [2.45, 2.75) is 26.7 Å². The Morgan fingerprint density at radius 3 is 2.50 bits per heavy atom. The molecule has 0 atom stereocenters. The zero-order valence-corrected chi connectivity index (χ0v) is 16.1. The molecule has 26 heavy (non-hydrogen) atoms. The van der Waals surface area contributed by atoms with E-state index < -0.39 is 0 Å². The average molecular weight is 354 g/mol. The maximum atomic E-state index is 12.3. The molecule has 1 N–H and O–H groups in total. The third-order valence-electron chi connectivity index (χ3n) is 4.36. The van der Waals surface area contributed by atoms with E-state index in [2.05, 4.69) is 5.32 Å². The molecule has 0 fully saturated rings. The minimum absolute atomic E-state index is 0.0784. The van der Waals surface area contributed by atoms with Gasteiger partial charge >= 0.3 is 0 Å². The van der Waals surface area contributed by atoms with Gasteiger partial charge in [0.05, 0.1) is 7.11 Å². The Balaban J connectivity index is 2.04. The topological polar surface area (TPSA) is 58.6 Å². The lowest BCUT2D eigenvalue weighted by molar-refractivity contribution is -0.116. The molecule has 0 radical (unpaired) electrons. The van der Waals surface area contributed by atoms with Gasteiger partial charge in [0.25, 0.3) is 5.91 Å². The Labute approximate surface area is 155 Å². The van der Waals surface area contributed by atoms with Gasteiger partial charge in [0.15, 0.2) is 0 Å². The number of carbonyl (C=O) groups is 2. The molecule has 0 heterocycles. The van der Waals surface area contributed by atoms with Crippen LogP contribution in [0.15, 0.2) is 36.4 Å². The number of benzene rings is 2. The standard InChI is InChI=1S/C21H26N2O3/c1-14-9-10-16(13-19(14)26-5)11-12-20(24)22-18-8-6-7-17(15(18)2)21(25)23(3)4/h6-10,13H,11-12H2,1-5H3,(H,22,24). The molecule has 0 aliphatic heterocycles. The zero-order valence-electron chi connectivity index (χ0n) is 16.1. The van der Waals surface area contributed by atoms with E-state index >= 15 is 0 Å². The summed E-state index contributed by atoms with van der Waals surface area (Å²) >= 11 is 0. The highest BCUT2D eigenvalue weighted by Gasteiger charge is 2.14. The summed E-state index contributed by atoms with van der Waals surface area (Å²) in [5.74, 6) is 0.668. The van der Waals surface area contributed by atoms with Crippen molar-refractivity contribution in [1.29, 1.82) is 0 Å². The second-order valence-corrected chi connectivity index (χ2v) is 6.53. The number of ether oxygens (including phenoxy) is 1. The van der Waals surface area contributed by atoms with E-state index in [0.717, 1.165) is 22.4 Å². The Bertz CT molecular complexity index is 813. The van der Waals surface area contributed by atoms with Crippen LogP contribution in [0, 0.1) is 13.8 Å². The van der Waals surface area contributed by atoms with Crippen LogP contribution in [-0.2, 0) is 11.2 Å². The highest BCUT2D eigenvalue weighted by molar-refractivity contribution is 5.99. The van der Waals surface area contributed by atoms with Crippen LogP contribution in [0.2, 0.25) is 0 Å². The fraction of sp³-hybridized carbons (Fsp3) is 0.333. The number of amides is 2. The van der Waals surface area contributed by atoms with Gasteiger partial charge in [0, 0.05) is 31.8 Å². The van der Waals surface area contributed by atoms with Crippen LogP contribution in [-0.4, -0.2) is 37.9 Å². The monoisotopic (exact) mass is 354 g/mol. The largest absolute Gasteiger partial charge is 0.496 e. The lowest BCUT2D eigenvalue weighted by Crippen LogP contribution is -2.23. The molecule has 0 unspecified atom stereocenters. The number of anilines is 1. The van der Waals surface area contributed by atoms with Gasteiger partial charge < -0.3 is 15.0 Å². The molecule has 0 spiro atoms. The summed E-state index contributed by atoms with van der Waals surface area (Å²) in [7, 11) is 5.06. The Morgan fingerprint density at radius 2 is 1.85 bits per heavy atom. The van der Waals surface area contributed by atoms with Crippen LogP contribution in [0.3, 0.4) is 0 Å². The molecule has 2 aromatic carbocycles. The van der Waals surface area contributed by atoms with Crippen molar-refractivity contribution in [3.05, 3.63) is 58.7 Å². The van der Waals surface area contributed by atoms with E-state index in [1.165, 1.54) is 4.90 Å². The van der Waals surface area contributed by atoms with E-state index in [0.29, 0.717) is 24.1 Å². The Kier molecular flexibility index (Phi) is 6.39. The summed E-state index contributed by atoms with van der Waals surface area (Å²) in [5, 5.41) is 2.91. The SMILES string of the molecule is COc1cc(CCC(=O)Nc2cccc(C(=O)N(C)C)c2C)ccc1C. The van der Waals surface area contributed by atoms with Gasteiger partial charge in [-0.15, -0.1) is 0 Å². The maximum absolute atomic E-state index is 12.3. The normalized spacial score (nSPS) is 10.3. The van der Waals surface area contributed by atoms with E-state index in [-0.39, 0.29) is 11.8 Å². The number of nitrogens with one attached hydrogen (secondary N) is 1. The van der Waals surface area contributed by atoms with Crippen molar-refractivity contribution in [3.8, 4) is 5.75 Å². The molecule has 0 saturated heterocycles. The molecule has 0 aliphatic carbocycles. The predicted molar refractivity (Wildman–Crippen MR) is 104 cm³/mol. The molecular formula is C21H26N2O3. The first-order valence-electron chi connectivity index (χ1n) is 8.58. The zero-order chi connectivity index (χ0) is 19.3. The molecule has 138 valence electrons. The molecule has 5 heteroatoms. The molecule has 5 nitrogen and oxygen atoms in total. The number of nitrogens with zero attached hydrogens (tertiary/aromatic N) is 1. The van der Waals surface area contributed by atoms with Gasteiger partial charge in [-0.3, -0.25) is 9.59 Å². The number of carbonyl (C=O) groups excluding carboxylic acids is 2. The summed E-state index contributed by atoms with van der Waals surface area (Å²) < 4.78 is 5.32. The molecule has 0 aliphatic rings. The third-order valence-corrected chi connectivity index (χ3v) is 4.36. The number of rotatable bonds is 6. The van der Waals surface area contributed by atoms with Crippen LogP contribution in [0.25, 0.3) is 0 Å². The van der Waals surface area contributed by atoms with Crippen molar-refractivity contribution in [2.75, 3.05) is 26.5 Å². The van der Waals surface area contributed by atoms with Gasteiger partial charge in [-0.1, -0.05) is 18.2 Å². The maximum Gasteiger partial charge on any atom is 0.253 e. The summed E-state index contributed by atoms with van der Waals surface area (Å²) in [6.45, 7) is 3.83. The lowest BCUT2D eigenvalue weighted by Gasteiger charge is -2.15. The second kappa shape index (κ2) is 8.52. The number of hydrogen-bond donors (Lipinski definition) is 1. The Hall–Kier alpha value is -2.82. The van der Waals surface area contributed by atoms with Gasteiger partial charge in [-0.05, 0) is 55.2 Å². The van der Waals surface area contributed by atoms with Crippen LogP contribution >= 0.6 is 0 Å². The minimum atomic E-state index is -0.0814. The van der Waals surface area contributed by atoms with Gasteiger partial charge in [-0.2, -0.15) is 0 Å². The van der Waals surface area contributed by atoms with Crippen molar-refractivity contribution in [1.82, 2.24) is 4.90 Å². The van der Waals surface area contributed by atoms with Crippen molar-refractivity contribution < 1.29 is 14.3 Å². The van der Waals surface area contributed by atoms with Crippen LogP contribution in [0.5, 0.6) is 5.75 Å². The first-order valence-corrected chi connectivity index (χ1v) is 8.58. The first-order chi connectivity index (χ1) is 12.3. The van der Waals surface area contributed by atoms with Gasteiger partial charge in [-0.25, -0.2) is 0 Å². The number of methoxy groups -OCH3 is 1. The smallest absolute Gasteiger partial charge is 0.253 e. The highest BCUT2D eigenvalue weighted by Crippen LogP contribution is 2.22. The summed E-state index contributed by atoms with van der Waals surface area (Å²) in [6.07, 6.45) is 0.981. The molecule has 0 bridgehead atoms. The molecule has 2 rings (SSSR count). The van der Waals surface area contributed by atoms with Crippen LogP contribution < -0.4 is 10.1 Å². The highest BCUT2D eigenvalue weighted by atomic mass is 16.5. The molecule has 0 saturated carbocycles. The van der Waals surface area contributed by atoms with E-state index in [1.54, 1.807) is 33.3 Å². The minimum Gasteiger partial charge on any atom is -0.496 e. The van der Waals surface area contributed by atoms with Crippen LogP contribution in [0.4, 0.5) is 5.69 Å². The second-order valence-electron chi connectivity index (χ2n) is 6.53. The number of aryl methyl sites for hydroxylation is 2. The average Bonchev–Trinajstić information content (AvgIpc) is 2.62. The predicted octanol–water partition coefficient (Wildman–Crippen LogP) is 3.59. The third kappa shape index (κ3) is 4.63. The van der Waals surface area contributed by atoms with Crippen molar-refractivity contribution in [2.24, 2.45) is 0 Å². The molecular weight excluding hydrogens is 328 g/mol. The lowest BCUT2D eigenvalue weighted by atomic mass is 10.0. The molecule has 2 aromatic rings. The van der Waals surface area contributed by atoms with Crippen molar-refractivity contribution >= 4 is 17.5 Å². The number of hydrogen-bond acceptors (Lipinski definition) is 3. The summed E-state index contributed by atoms with van der Waals surface area (Å²) in [5.41, 5.74) is 4.16. The van der Waals surface area contributed by atoms with Gasteiger partial charge in [0.2, 0.25) is 5.91 Å².